The fourth-order valence-electron chi connectivity index (χ4n) is 0.883. The molecule has 0 unspecified atom stereocenters. The van der Waals surface area contributed by atoms with Crippen LogP contribution < -0.4 is 5.48 Å². The van der Waals surface area contributed by atoms with Crippen molar-refractivity contribution in [2.75, 3.05) is 13.2 Å². The summed E-state index contributed by atoms with van der Waals surface area (Å²) in [6.45, 7) is 2.84. The van der Waals surface area contributed by atoms with E-state index in [0.29, 0.717) is 19.6 Å². The topological polar surface area (TPSA) is 58.6 Å². The third kappa shape index (κ3) is 7.50. The van der Waals surface area contributed by atoms with Gasteiger partial charge in [-0.05, 0) is 19.8 Å². The van der Waals surface area contributed by atoms with Crippen molar-refractivity contribution in [1.82, 2.24) is 5.48 Å². The zero-order valence-electron chi connectivity index (χ0n) is 7.51. The smallest absolute Gasteiger partial charge is 0.305 e. The highest BCUT2D eigenvalue weighted by Crippen LogP contribution is 2.00. The van der Waals surface area contributed by atoms with Gasteiger partial charge in [0.15, 0.2) is 0 Å². The number of carbonyl (C=O) groups is 1. The Labute approximate surface area is 72.9 Å². The molecule has 0 heterocycles. The molecule has 0 aromatic heterocycles. The summed E-state index contributed by atoms with van der Waals surface area (Å²) >= 11 is 0. The van der Waals surface area contributed by atoms with Gasteiger partial charge in [-0.25, -0.2) is 5.48 Å². The fraction of sp³-hybridized carbons (Fsp3) is 0.875. The summed E-state index contributed by atoms with van der Waals surface area (Å²) in [5.74, 6) is -0.130. The number of unbranched alkanes of at least 4 members (excludes halogenated alkanes) is 2. The highest BCUT2D eigenvalue weighted by atomic mass is 16.5. The zero-order chi connectivity index (χ0) is 9.23. The van der Waals surface area contributed by atoms with Crippen molar-refractivity contribution >= 4 is 5.97 Å². The first kappa shape index (κ1) is 11.4. The first-order valence-corrected chi connectivity index (χ1v) is 4.33. The van der Waals surface area contributed by atoms with E-state index in [1.54, 1.807) is 6.92 Å². The third-order valence-electron chi connectivity index (χ3n) is 1.47. The second-order valence-corrected chi connectivity index (χ2v) is 2.52. The van der Waals surface area contributed by atoms with Crippen LogP contribution in [0.2, 0.25) is 0 Å². The highest BCUT2D eigenvalue weighted by Gasteiger charge is 1.99. The molecular formula is C8H17NO3. The van der Waals surface area contributed by atoms with Gasteiger partial charge < -0.3 is 9.94 Å². The summed E-state index contributed by atoms with van der Waals surface area (Å²) in [4.78, 5) is 10.8. The van der Waals surface area contributed by atoms with Gasteiger partial charge in [-0.1, -0.05) is 6.42 Å². The summed E-state index contributed by atoms with van der Waals surface area (Å²) < 4.78 is 4.74. The van der Waals surface area contributed by atoms with Crippen LogP contribution in [0, 0.1) is 0 Å². The predicted octanol–water partition coefficient (Wildman–Crippen LogP) is 1.09. The molecule has 72 valence electrons. The average Bonchev–Trinajstić information content (AvgIpc) is 2.05. The minimum Gasteiger partial charge on any atom is -0.466 e. The summed E-state index contributed by atoms with van der Waals surface area (Å²) in [6.07, 6.45) is 3.14. The number of hydroxylamine groups is 1. The maximum Gasteiger partial charge on any atom is 0.305 e. The van der Waals surface area contributed by atoms with Crippen molar-refractivity contribution < 1.29 is 14.7 Å². The van der Waals surface area contributed by atoms with Gasteiger partial charge in [-0.15, -0.1) is 0 Å². The third-order valence-corrected chi connectivity index (χ3v) is 1.47. The lowest BCUT2D eigenvalue weighted by atomic mass is 10.2. The van der Waals surface area contributed by atoms with Gasteiger partial charge in [-0.2, -0.15) is 0 Å². The van der Waals surface area contributed by atoms with Crippen LogP contribution in [0.5, 0.6) is 0 Å². The summed E-state index contributed by atoms with van der Waals surface area (Å²) in [7, 11) is 0. The van der Waals surface area contributed by atoms with Gasteiger partial charge in [0, 0.05) is 13.0 Å². The van der Waals surface area contributed by atoms with E-state index in [1.807, 2.05) is 0 Å². The van der Waals surface area contributed by atoms with Gasteiger partial charge in [0.05, 0.1) is 6.61 Å². The lowest BCUT2D eigenvalue weighted by molar-refractivity contribution is -0.143. The van der Waals surface area contributed by atoms with Gasteiger partial charge in [0.1, 0.15) is 0 Å². The second kappa shape index (κ2) is 8.49. The Morgan fingerprint density at radius 3 is 2.75 bits per heavy atom. The van der Waals surface area contributed by atoms with Crippen LogP contribution in [-0.2, 0) is 9.53 Å². The molecule has 2 N–H and O–H groups in total. The molecule has 0 radical (unpaired) electrons. The van der Waals surface area contributed by atoms with Crippen molar-refractivity contribution in [3.05, 3.63) is 0 Å². The fourth-order valence-corrected chi connectivity index (χ4v) is 0.883. The van der Waals surface area contributed by atoms with Crippen molar-refractivity contribution in [3.63, 3.8) is 0 Å². The van der Waals surface area contributed by atoms with Gasteiger partial charge in [0.25, 0.3) is 0 Å². The van der Waals surface area contributed by atoms with Crippen LogP contribution in [0.1, 0.15) is 32.6 Å². The molecule has 0 spiro atoms. The zero-order valence-corrected chi connectivity index (χ0v) is 7.51. The number of rotatable bonds is 7. The first-order chi connectivity index (χ1) is 5.81. The van der Waals surface area contributed by atoms with Crippen LogP contribution in [0.3, 0.4) is 0 Å². The number of ether oxygens (including phenoxy) is 1. The Hall–Kier alpha value is -0.610. The van der Waals surface area contributed by atoms with E-state index in [9.17, 15) is 4.79 Å². The van der Waals surface area contributed by atoms with E-state index in [0.717, 1.165) is 19.3 Å². The molecule has 0 saturated heterocycles. The van der Waals surface area contributed by atoms with Crippen molar-refractivity contribution in [3.8, 4) is 0 Å². The van der Waals surface area contributed by atoms with E-state index >= 15 is 0 Å². The molecule has 0 bridgehead atoms. The normalized spacial score (nSPS) is 9.83. The predicted molar refractivity (Wildman–Crippen MR) is 44.9 cm³/mol. The van der Waals surface area contributed by atoms with Crippen molar-refractivity contribution in [1.29, 1.82) is 0 Å². The molecule has 0 aliphatic heterocycles. The minimum absolute atomic E-state index is 0.130. The molecule has 0 fully saturated rings. The van der Waals surface area contributed by atoms with Crippen LogP contribution in [-0.4, -0.2) is 24.3 Å². The first-order valence-electron chi connectivity index (χ1n) is 4.33. The highest BCUT2D eigenvalue weighted by molar-refractivity contribution is 5.69. The summed E-state index contributed by atoms with van der Waals surface area (Å²) in [6, 6.07) is 0. The largest absolute Gasteiger partial charge is 0.466 e. The second-order valence-electron chi connectivity index (χ2n) is 2.52. The Kier molecular flexibility index (Phi) is 8.05. The van der Waals surface area contributed by atoms with Crippen molar-refractivity contribution in [2.45, 2.75) is 32.6 Å². The SMILES string of the molecule is CCOC(=O)CCCCCNO. The number of esters is 1. The number of hydrogen-bond donors (Lipinski definition) is 2. The van der Waals surface area contributed by atoms with Gasteiger partial charge in [-0.3, -0.25) is 4.79 Å². The molecular weight excluding hydrogens is 158 g/mol. The lowest BCUT2D eigenvalue weighted by Gasteiger charge is -2.00. The minimum atomic E-state index is -0.130. The lowest BCUT2D eigenvalue weighted by Crippen LogP contribution is -2.08. The van der Waals surface area contributed by atoms with Crippen molar-refractivity contribution in [2.24, 2.45) is 0 Å². The Morgan fingerprint density at radius 2 is 2.17 bits per heavy atom. The molecule has 0 atom stereocenters. The van der Waals surface area contributed by atoms with Crippen LogP contribution in [0.4, 0.5) is 0 Å². The maximum atomic E-state index is 10.8. The number of nitrogens with one attached hydrogen (secondary N) is 1. The van der Waals surface area contributed by atoms with E-state index in [1.165, 1.54) is 0 Å². The van der Waals surface area contributed by atoms with E-state index in [-0.39, 0.29) is 5.97 Å². The Morgan fingerprint density at radius 1 is 1.42 bits per heavy atom. The Bertz CT molecular complexity index is 117. The van der Waals surface area contributed by atoms with Gasteiger partial charge >= 0.3 is 5.97 Å². The molecule has 12 heavy (non-hydrogen) atoms. The molecule has 0 aromatic carbocycles. The standard InChI is InChI=1S/C8H17NO3/c1-2-12-8(10)6-4-3-5-7-9-11/h9,11H,2-7H2,1H3. The molecule has 0 aromatic rings. The molecule has 0 aliphatic rings. The maximum absolute atomic E-state index is 10.8. The monoisotopic (exact) mass is 175 g/mol. The van der Waals surface area contributed by atoms with Crippen LogP contribution in [0.15, 0.2) is 0 Å². The van der Waals surface area contributed by atoms with Crippen LogP contribution >= 0.6 is 0 Å². The molecule has 4 heteroatoms. The van der Waals surface area contributed by atoms with E-state index in [4.69, 9.17) is 9.94 Å². The number of hydrogen-bond acceptors (Lipinski definition) is 4. The van der Waals surface area contributed by atoms with Crippen LogP contribution in [0.25, 0.3) is 0 Å². The summed E-state index contributed by atoms with van der Waals surface area (Å²) in [5, 5.41) is 8.22. The Balaban J connectivity index is 3.03. The van der Waals surface area contributed by atoms with E-state index in [2.05, 4.69) is 5.48 Å². The molecule has 0 amide bonds. The quantitative estimate of drug-likeness (QED) is 0.345. The number of carbonyl (C=O) groups excluding carboxylic acids is 1. The van der Waals surface area contributed by atoms with Gasteiger partial charge in [0.2, 0.25) is 0 Å². The molecule has 4 nitrogen and oxygen atoms in total. The molecule has 0 rings (SSSR count). The summed E-state index contributed by atoms with van der Waals surface area (Å²) in [5.41, 5.74) is 2.06. The molecule has 0 aliphatic carbocycles. The molecule has 0 saturated carbocycles. The average molecular weight is 175 g/mol. The van der Waals surface area contributed by atoms with E-state index < -0.39 is 0 Å².